The van der Waals surface area contributed by atoms with Crippen LogP contribution in [-0.4, -0.2) is 10.9 Å². The molecule has 0 saturated heterocycles. The molecule has 0 radical (unpaired) electrons. The minimum atomic E-state index is -0.548. The molecule has 0 saturated carbocycles. The van der Waals surface area contributed by atoms with E-state index in [0.717, 1.165) is 11.1 Å². The van der Waals surface area contributed by atoms with Gasteiger partial charge in [-0.05, 0) is 34.9 Å². The molecule has 0 fully saturated rings. The van der Waals surface area contributed by atoms with Crippen LogP contribution in [0.4, 0.5) is 8.78 Å². The van der Waals surface area contributed by atoms with Crippen LogP contribution in [0.3, 0.4) is 0 Å². The van der Waals surface area contributed by atoms with E-state index in [1.165, 1.54) is 12.1 Å². The Kier molecular flexibility index (Phi) is 4.89. The highest BCUT2D eigenvalue weighted by molar-refractivity contribution is 6.09. The lowest BCUT2D eigenvalue weighted by molar-refractivity contribution is 0.0947. The third-order valence-electron chi connectivity index (χ3n) is 4.65. The SMILES string of the molecule is O=C(NCc1cccc(CF)c1)c1[nH]c2ccc(F)cc2c1-c1ccccc1. The summed E-state index contributed by atoms with van der Waals surface area (Å²) in [4.78, 5) is 16.0. The first-order valence-electron chi connectivity index (χ1n) is 8.94. The first-order valence-corrected chi connectivity index (χ1v) is 8.94. The Morgan fingerprint density at radius 1 is 0.929 bits per heavy atom. The van der Waals surface area contributed by atoms with Crippen molar-refractivity contribution < 1.29 is 13.6 Å². The van der Waals surface area contributed by atoms with Gasteiger partial charge in [0.15, 0.2) is 0 Å². The number of fused-ring (bicyclic) bond motifs is 1. The molecule has 28 heavy (non-hydrogen) atoms. The van der Waals surface area contributed by atoms with Gasteiger partial charge in [-0.3, -0.25) is 4.79 Å². The molecule has 0 bridgehead atoms. The Morgan fingerprint density at radius 3 is 2.50 bits per heavy atom. The molecule has 0 aliphatic carbocycles. The summed E-state index contributed by atoms with van der Waals surface area (Å²) in [5.41, 5.74) is 3.91. The van der Waals surface area contributed by atoms with Crippen molar-refractivity contribution in [3.8, 4) is 11.1 Å². The van der Waals surface area contributed by atoms with Crippen molar-refractivity contribution in [2.75, 3.05) is 0 Å². The van der Waals surface area contributed by atoms with Gasteiger partial charge in [-0.2, -0.15) is 0 Å². The third kappa shape index (κ3) is 3.51. The standard InChI is InChI=1S/C23H18F2N2O/c24-13-15-5-4-6-16(11-15)14-26-23(28)22-21(17-7-2-1-3-8-17)19-12-18(25)9-10-20(19)27-22/h1-12,27H,13-14H2,(H,26,28). The van der Waals surface area contributed by atoms with E-state index in [1.807, 2.05) is 36.4 Å². The molecule has 2 N–H and O–H groups in total. The lowest BCUT2D eigenvalue weighted by Crippen LogP contribution is -2.23. The quantitative estimate of drug-likeness (QED) is 0.483. The third-order valence-corrected chi connectivity index (χ3v) is 4.65. The van der Waals surface area contributed by atoms with E-state index in [2.05, 4.69) is 10.3 Å². The number of aromatic nitrogens is 1. The monoisotopic (exact) mass is 376 g/mol. The Balaban J connectivity index is 1.70. The summed E-state index contributed by atoms with van der Waals surface area (Å²) in [5, 5.41) is 3.51. The van der Waals surface area contributed by atoms with Crippen molar-refractivity contribution in [1.29, 1.82) is 0 Å². The molecule has 0 atom stereocenters. The first-order chi connectivity index (χ1) is 13.7. The minimum absolute atomic E-state index is 0.268. The molecule has 3 nitrogen and oxygen atoms in total. The highest BCUT2D eigenvalue weighted by Crippen LogP contribution is 2.33. The van der Waals surface area contributed by atoms with Crippen LogP contribution in [0.2, 0.25) is 0 Å². The second kappa shape index (κ2) is 7.64. The second-order valence-corrected chi connectivity index (χ2v) is 6.57. The Hall–Kier alpha value is -3.47. The van der Waals surface area contributed by atoms with Gasteiger partial charge in [0.25, 0.3) is 5.91 Å². The van der Waals surface area contributed by atoms with Gasteiger partial charge in [0.2, 0.25) is 0 Å². The number of hydrogen-bond donors (Lipinski definition) is 2. The fraction of sp³-hybridized carbons (Fsp3) is 0.0870. The van der Waals surface area contributed by atoms with Gasteiger partial charge in [-0.25, -0.2) is 8.78 Å². The molecule has 0 aliphatic rings. The molecule has 1 amide bonds. The fourth-order valence-electron chi connectivity index (χ4n) is 3.33. The smallest absolute Gasteiger partial charge is 0.268 e. The summed E-state index contributed by atoms with van der Waals surface area (Å²) in [7, 11) is 0. The topological polar surface area (TPSA) is 44.9 Å². The van der Waals surface area contributed by atoms with Crippen molar-refractivity contribution in [3.63, 3.8) is 0 Å². The summed E-state index contributed by atoms with van der Waals surface area (Å²) >= 11 is 0. The number of carbonyl (C=O) groups is 1. The van der Waals surface area contributed by atoms with Crippen molar-refractivity contribution >= 4 is 16.8 Å². The van der Waals surface area contributed by atoms with Crippen molar-refractivity contribution in [1.82, 2.24) is 10.3 Å². The predicted octanol–water partition coefficient (Wildman–Crippen LogP) is 5.37. The summed E-state index contributed by atoms with van der Waals surface area (Å²) in [6.45, 7) is -0.280. The number of amides is 1. The summed E-state index contributed by atoms with van der Waals surface area (Å²) in [6.07, 6.45) is 0. The van der Waals surface area contributed by atoms with Crippen LogP contribution in [0, 0.1) is 5.82 Å². The molecule has 3 aromatic carbocycles. The maximum absolute atomic E-state index is 13.8. The second-order valence-electron chi connectivity index (χ2n) is 6.57. The summed E-state index contributed by atoms with van der Waals surface area (Å²) in [6, 6.07) is 20.8. The van der Waals surface area contributed by atoms with Crippen LogP contribution in [-0.2, 0) is 13.2 Å². The maximum atomic E-state index is 13.8. The van der Waals surface area contributed by atoms with Crippen molar-refractivity contribution in [2.45, 2.75) is 13.2 Å². The Bertz CT molecular complexity index is 1140. The molecule has 4 aromatic rings. The van der Waals surface area contributed by atoms with Gasteiger partial charge in [-0.1, -0.05) is 54.6 Å². The molecule has 1 heterocycles. The van der Waals surface area contributed by atoms with Crippen LogP contribution >= 0.6 is 0 Å². The molecular weight excluding hydrogens is 358 g/mol. The zero-order chi connectivity index (χ0) is 19.5. The van der Waals surface area contributed by atoms with Crippen LogP contribution < -0.4 is 5.32 Å². The van der Waals surface area contributed by atoms with Gasteiger partial charge in [-0.15, -0.1) is 0 Å². The van der Waals surface area contributed by atoms with E-state index in [9.17, 15) is 13.6 Å². The van der Waals surface area contributed by atoms with Gasteiger partial charge in [0, 0.05) is 23.0 Å². The van der Waals surface area contributed by atoms with Gasteiger partial charge >= 0.3 is 0 Å². The van der Waals surface area contributed by atoms with E-state index in [4.69, 9.17) is 0 Å². The molecule has 5 heteroatoms. The molecule has 0 spiro atoms. The summed E-state index contributed by atoms with van der Waals surface area (Å²) < 4.78 is 26.7. The molecular formula is C23H18F2N2O. The van der Waals surface area contributed by atoms with Crippen LogP contribution in [0.15, 0.2) is 72.8 Å². The lowest BCUT2D eigenvalue weighted by atomic mass is 10.0. The minimum Gasteiger partial charge on any atom is -0.350 e. The number of halogens is 2. The summed E-state index contributed by atoms with van der Waals surface area (Å²) in [5.74, 6) is -0.667. The zero-order valence-corrected chi connectivity index (χ0v) is 15.0. The number of hydrogen-bond acceptors (Lipinski definition) is 1. The number of benzene rings is 3. The molecule has 0 unspecified atom stereocenters. The van der Waals surface area contributed by atoms with Crippen LogP contribution in [0.1, 0.15) is 21.6 Å². The van der Waals surface area contributed by atoms with Crippen molar-refractivity contribution in [2.24, 2.45) is 0 Å². The average molecular weight is 376 g/mol. The van der Waals surface area contributed by atoms with Gasteiger partial charge < -0.3 is 10.3 Å². The van der Waals surface area contributed by atoms with E-state index in [1.54, 1.807) is 24.3 Å². The number of alkyl halides is 1. The molecule has 4 rings (SSSR count). The normalized spacial score (nSPS) is 10.9. The largest absolute Gasteiger partial charge is 0.350 e. The van der Waals surface area contributed by atoms with Crippen LogP contribution in [0.5, 0.6) is 0 Å². The number of rotatable bonds is 5. The fourth-order valence-corrected chi connectivity index (χ4v) is 3.33. The predicted molar refractivity (Wildman–Crippen MR) is 106 cm³/mol. The Labute approximate surface area is 161 Å². The number of aromatic amines is 1. The molecule has 0 aliphatic heterocycles. The maximum Gasteiger partial charge on any atom is 0.268 e. The Morgan fingerprint density at radius 2 is 1.71 bits per heavy atom. The van der Waals surface area contributed by atoms with Crippen LogP contribution in [0.25, 0.3) is 22.0 Å². The highest BCUT2D eigenvalue weighted by Gasteiger charge is 2.19. The average Bonchev–Trinajstić information content (AvgIpc) is 3.11. The number of nitrogens with one attached hydrogen (secondary N) is 2. The highest BCUT2D eigenvalue weighted by atomic mass is 19.1. The lowest BCUT2D eigenvalue weighted by Gasteiger charge is -2.08. The number of carbonyl (C=O) groups excluding carboxylic acids is 1. The molecule has 1 aromatic heterocycles. The van der Waals surface area contributed by atoms with Crippen molar-refractivity contribution in [3.05, 3.63) is 95.4 Å². The van der Waals surface area contributed by atoms with Gasteiger partial charge in [0.05, 0.1) is 0 Å². The zero-order valence-electron chi connectivity index (χ0n) is 15.0. The first kappa shape index (κ1) is 17.9. The van der Waals surface area contributed by atoms with E-state index >= 15 is 0 Å². The number of H-pyrrole nitrogens is 1. The molecule has 140 valence electrons. The van der Waals surface area contributed by atoms with E-state index < -0.39 is 6.67 Å². The van der Waals surface area contributed by atoms with Gasteiger partial charge in [0.1, 0.15) is 18.2 Å². The van der Waals surface area contributed by atoms with E-state index in [0.29, 0.717) is 27.7 Å². The van der Waals surface area contributed by atoms with E-state index in [-0.39, 0.29) is 18.3 Å².